The van der Waals surface area contributed by atoms with Crippen molar-refractivity contribution in [2.45, 2.75) is 42.9 Å². The summed E-state index contributed by atoms with van der Waals surface area (Å²) in [7, 11) is 1.59. The van der Waals surface area contributed by atoms with E-state index in [0.717, 1.165) is 18.5 Å². The lowest BCUT2D eigenvalue weighted by Gasteiger charge is -2.20. The van der Waals surface area contributed by atoms with Gasteiger partial charge in [0.15, 0.2) is 0 Å². The van der Waals surface area contributed by atoms with Crippen molar-refractivity contribution in [3.63, 3.8) is 0 Å². The molecule has 0 N–H and O–H groups in total. The van der Waals surface area contributed by atoms with E-state index in [1.54, 1.807) is 12.1 Å². The first-order valence-electron chi connectivity index (χ1n) is 5.48. The normalized spacial score (nSPS) is 18.6. The van der Waals surface area contributed by atoms with Gasteiger partial charge in [0.2, 0.25) is 0 Å². The van der Waals surface area contributed by atoms with Crippen LogP contribution in [-0.2, 0) is 9.05 Å². The van der Waals surface area contributed by atoms with Gasteiger partial charge in [-0.1, -0.05) is 19.3 Å². The fraction of sp³-hybridized carbons (Fsp3) is 0.545. The molecule has 1 aromatic rings. The molecule has 1 aromatic heterocycles. The Balaban J connectivity index is 2.18. The van der Waals surface area contributed by atoms with Gasteiger partial charge in [-0.15, -0.1) is 0 Å². The Morgan fingerprint density at radius 1 is 1.19 bits per heavy atom. The second kappa shape index (κ2) is 4.72. The molecule has 0 aromatic carbocycles. The van der Waals surface area contributed by atoms with E-state index < -0.39 is 9.05 Å². The minimum Gasteiger partial charge on any atom is -0.260 e. The molecule has 1 aliphatic carbocycles. The van der Waals surface area contributed by atoms with E-state index in [-0.39, 0.29) is 4.90 Å². The maximum absolute atomic E-state index is 11.0. The van der Waals surface area contributed by atoms with Crippen molar-refractivity contribution in [3.8, 4) is 0 Å². The van der Waals surface area contributed by atoms with Crippen molar-refractivity contribution in [1.82, 2.24) is 4.98 Å². The summed E-state index contributed by atoms with van der Waals surface area (Å²) in [6.07, 6.45) is 7.43. The average molecular weight is 260 g/mol. The summed E-state index contributed by atoms with van der Waals surface area (Å²) in [6, 6.07) is 3.32. The third-order valence-corrected chi connectivity index (χ3v) is 4.40. The van der Waals surface area contributed by atoms with E-state index in [2.05, 4.69) is 4.98 Å². The summed E-state index contributed by atoms with van der Waals surface area (Å²) in [5.41, 5.74) is 0.990. The van der Waals surface area contributed by atoms with Gasteiger partial charge in [0, 0.05) is 28.5 Å². The average Bonchev–Trinajstić information content (AvgIpc) is 2.29. The van der Waals surface area contributed by atoms with Gasteiger partial charge in [-0.3, -0.25) is 4.98 Å². The maximum atomic E-state index is 11.0. The molecule has 1 saturated carbocycles. The van der Waals surface area contributed by atoms with Crippen LogP contribution in [0.4, 0.5) is 0 Å². The molecule has 0 aliphatic heterocycles. The summed E-state index contributed by atoms with van der Waals surface area (Å²) in [5.74, 6) is 0.487. The number of pyridine rings is 1. The van der Waals surface area contributed by atoms with Crippen LogP contribution < -0.4 is 0 Å². The summed E-state index contributed by atoms with van der Waals surface area (Å²) < 4.78 is 22.1. The summed E-state index contributed by atoms with van der Waals surface area (Å²) in [4.78, 5) is 4.28. The number of rotatable bonds is 2. The zero-order chi connectivity index (χ0) is 11.6. The monoisotopic (exact) mass is 259 g/mol. The molecule has 16 heavy (non-hydrogen) atoms. The first-order chi connectivity index (χ1) is 7.57. The molecule has 1 heterocycles. The molecule has 0 spiro atoms. The van der Waals surface area contributed by atoms with Crippen LogP contribution in [0.15, 0.2) is 23.2 Å². The SMILES string of the molecule is O=S(=O)(Cl)c1ccc(C2CCCCC2)nc1. The molecule has 0 saturated heterocycles. The van der Waals surface area contributed by atoms with E-state index in [1.165, 1.54) is 25.5 Å². The van der Waals surface area contributed by atoms with Crippen molar-refractivity contribution in [3.05, 3.63) is 24.0 Å². The first kappa shape index (κ1) is 11.9. The van der Waals surface area contributed by atoms with Gasteiger partial charge in [0.1, 0.15) is 4.90 Å². The first-order valence-corrected chi connectivity index (χ1v) is 7.79. The standard InChI is InChI=1S/C11H14ClNO2S/c12-16(14,15)10-6-7-11(13-8-10)9-4-2-1-3-5-9/h6-9H,1-5H2. The zero-order valence-electron chi connectivity index (χ0n) is 8.89. The van der Waals surface area contributed by atoms with Gasteiger partial charge < -0.3 is 0 Å². The Morgan fingerprint density at radius 3 is 2.38 bits per heavy atom. The molecule has 0 amide bonds. The minimum atomic E-state index is -3.64. The van der Waals surface area contributed by atoms with E-state index in [0.29, 0.717) is 5.92 Å². The zero-order valence-corrected chi connectivity index (χ0v) is 10.5. The Morgan fingerprint density at radius 2 is 1.88 bits per heavy atom. The molecule has 1 aliphatic rings. The predicted molar refractivity (Wildman–Crippen MR) is 63.1 cm³/mol. The van der Waals surface area contributed by atoms with Gasteiger partial charge in [-0.25, -0.2) is 8.42 Å². The lowest BCUT2D eigenvalue weighted by Crippen LogP contribution is -2.06. The van der Waals surface area contributed by atoms with Crippen molar-refractivity contribution in [1.29, 1.82) is 0 Å². The highest BCUT2D eigenvalue weighted by molar-refractivity contribution is 8.13. The van der Waals surface area contributed by atoms with Crippen LogP contribution in [0.3, 0.4) is 0 Å². The molecule has 0 atom stereocenters. The van der Waals surface area contributed by atoms with E-state index in [9.17, 15) is 8.42 Å². The molecule has 3 nitrogen and oxygen atoms in total. The molecular formula is C11H14ClNO2S. The largest absolute Gasteiger partial charge is 0.262 e. The Labute approximate surface area is 100 Å². The lowest BCUT2D eigenvalue weighted by molar-refractivity contribution is 0.436. The Hall–Kier alpha value is -0.610. The molecule has 0 bridgehead atoms. The fourth-order valence-corrected chi connectivity index (χ4v) is 2.86. The van der Waals surface area contributed by atoms with Crippen molar-refractivity contribution in [2.75, 3.05) is 0 Å². The van der Waals surface area contributed by atoms with Gasteiger partial charge >= 0.3 is 0 Å². The van der Waals surface area contributed by atoms with Crippen LogP contribution in [0.25, 0.3) is 0 Å². The van der Waals surface area contributed by atoms with Gasteiger partial charge in [-0.2, -0.15) is 0 Å². The third-order valence-electron chi connectivity index (χ3n) is 3.06. The smallest absolute Gasteiger partial charge is 0.260 e. The number of halogens is 1. The molecule has 2 rings (SSSR count). The van der Waals surface area contributed by atoms with E-state index in [4.69, 9.17) is 10.7 Å². The molecular weight excluding hydrogens is 246 g/mol. The van der Waals surface area contributed by atoms with Gasteiger partial charge in [-0.05, 0) is 25.0 Å². The maximum Gasteiger partial charge on any atom is 0.262 e. The van der Waals surface area contributed by atoms with Crippen molar-refractivity contribution >= 4 is 19.7 Å². The van der Waals surface area contributed by atoms with Crippen LogP contribution in [0.1, 0.15) is 43.7 Å². The summed E-state index contributed by atoms with van der Waals surface area (Å²) in [6.45, 7) is 0. The van der Waals surface area contributed by atoms with Gasteiger partial charge in [0.25, 0.3) is 9.05 Å². The number of aromatic nitrogens is 1. The second-order valence-electron chi connectivity index (χ2n) is 4.19. The molecule has 5 heteroatoms. The number of hydrogen-bond donors (Lipinski definition) is 0. The number of hydrogen-bond acceptors (Lipinski definition) is 3. The highest BCUT2D eigenvalue weighted by Gasteiger charge is 2.17. The van der Waals surface area contributed by atoms with E-state index in [1.807, 2.05) is 0 Å². The van der Waals surface area contributed by atoms with Crippen molar-refractivity contribution in [2.24, 2.45) is 0 Å². The third kappa shape index (κ3) is 2.74. The topological polar surface area (TPSA) is 47.0 Å². The lowest BCUT2D eigenvalue weighted by atomic mass is 9.87. The Kier molecular flexibility index (Phi) is 3.50. The highest BCUT2D eigenvalue weighted by Crippen LogP contribution is 2.31. The molecule has 0 radical (unpaired) electrons. The van der Waals surface area contributed by atoms with E-state index >= 15 is 0 Å². The summed E-state index contributed by atoms with van der Waals surface area (Å²) in [5, 5.41) is 0. The van der Waals surface area contributed by atoms with Crippen LogP contribution >= 0.6 is 10.7 Å². The Bertz CT molecular complexity index is 449. The quantitative estimate of drug-likeness (QED) is 0.767. The molecule has 88 valence electrons. The number of nitrogens with zero attached hydrogens (tertiary/aromatic N) is 1. The van der Waals surface area contributed by atoms with Crippen LogP contribution in [0.2, 0.25) is 0 Å². The van der Waals surface area contributed by atoms with Gasteiger partial charge in [0.05, 0.1) is 0 Å². The molecule has 0 unspecified atom stereocenters. The van der Waals surface area contributed by atoms with Crippen LogP contribution in [0, 0.1) is 0 Å². The highest BCUT2D eigenvalue weighted by atomic mass is 35.7. The minimum absolute atomic E-state index is 0.0775. The fourth-order valence-electron chi connectivity index (χ4n) is 2.18. The predicted octanol–water partition coefficient (Wildman–Crippen LogP) is 3.06. The molecule has 1 fully saturated rings. The second-order valence-corrected chi connectivity index (χ2v) is 6.76. The van der Waals surface area contributed by atoms with Crippen molar-refractivity contribution < 1.29 is 8.42 Å². The summed E-state index contributed by atoms with van der Waals surface area (Å²) >= 11 is 0. The van der Waals surface area contributed by atoms with Crippen LogP contribution in [0.5, 0.6) is 0 Å². The van der Waals surface area contributed by atoms with Crippen LogP contribution in [-0.4, -0.2) is 13.4 Å².